The van der Waals surface area contributed by atoms with Crippen LogP contribution in [-0.4, -0.2) is 63.1 Å². The molecule has 0 aromatic heterocycles. The monoisotopic (exact) mass is 610 g/mol. The fraction of sp³-hybridized carbons (Fsp3) is 0.320. The summed E-state index contributed by atoms with van der Waals surface area (Å²) in [5.41, 5.74) is 1.22. The number of halogens is 1. The van der Waals surface area contributed by atoms with Gasteiger partial charge in [0.25, 0.3) is 0 Å². The molecule has 2 N–H and O–H groups in total. The number of hydrogen-bond donors (Lipinski definition) is 2. The summed E-state index contributed by atoms with van der Waals surface area (Å²) < 4.78 is 15.3. The molecule has 0 fully saturated rings. The molecule has 2 aromatic rings. The Labute approximate surface area is 222 Å². The molecule has 0 heterocycles. The van der Waals surface area contributed by atoms with Crippen LogP contribution in [-0.2, 0) is 41.4 Å². The van der Waals surface area contributed by atoms with Crippen LogP contribution in [0, 0.1) is 3.57 Å². The standard InChI is InChI=1S/C25H27IN2O8/c1-14(29)27-20(13-16-7-10-18(23(31)34-2)19(11-16)24(32)35-3)22(30)28-21(25(33)36-4)12-15-5-8-17(26)9-6-15/h5-11,20-21H,12-13H2,1-4H3,(H,27,29)(H,28,30)/t20-,21-/m0/s1. The molecular formula is C25H27IN2O8. The van der Waals surface area contributed by atoms with E-state index in [1.54, 1.807) is 0 Å². The van der Waals surface area contributed by atoms with Crippen LogP contribution >= 0.6 is 22.6 Å². The minimum atomic E-state index is -1.08. The van der Waals surface area contributed by atoms with E-state index in [2.05, 4.69) is 33.2 Å². The van der Waals surface area contributed by atoms with Gasteiger partial charge in [-0.25, -0.2) is 14.4 Å². The number of nitrogens with one attached hydrogen (secondary N) is 2. The molecule has 0 unspecified atom stereocenters. The number of ether oxygens (including phenoxy) is 3. The largest absolute Gasteiger partial charge is 0.467 e. The summed E-state index contributed by atoms with van der Waals surface area (Å²) in [6.45, 7) is 1.25. The molecule has 0 radical (unpaired) electrons. The molecule has 0 spiro atoms. The van der Waals surface area contributed by atoms with Crippen LogP contribution in [0.5, 0.6) is 0 Å². The molecule has 2 rings (SSSR count). The summed E-state index contributed by atoms with van der Waals surface area (Å²) in [6.07, 6.45) is 0.150. The second-order valence-corrected chi connectivity index (χ2v) is 8.98. The molecule has 36 heavy (non-hydrogen) atoms. The fourth-order valence-corrected chi connectivity index (χ4v) is 3.80. The van der Waals surface area contributed by atoms with E-state index in [0.717, 1.165) is 9.13 Å². The van der Waals surface area contributed by atoms with E-state index in [1.807, 2.05) is 24.3 Å². The summed E-state index contributed by atoms with van der Waals surface area (Å²) in [6, 6.07) is 9.66. The lowest BCUT2D eigenvalue weighted by atomic mass is 9.98. The number of benzene rings is 2. The van der Waals surface area contributed by atoms with E-state index in [4.69, 9.17) is 14.2 Å². The van der Waals surface area contributed by atoms with Gasteiger partial charge in [0.2, 0.25) is 11.8 Å². The fourth-order valence-electron chi connectivity index (χ4n) is 3.44. The molecule has 2 atom stereocenters. The van der Waals surface area contributed by atoms with Gasteiger partial charge in [-0.3, -0.25) is 9.59 Å². The topological polar surface area (TPSA) is 137 Å². The van der Waals surface area contributed by atoms with Crippen LogP contribution in [0.15, 0.2) is 42.5 Å². The maximum absolute atomic E-state index is 13.2. The van der Waals surface area contributed by atoms with Gasteiger partial charge < -0.3 is 24.8 Å². The zero-order valence-corrected chi connectivity index (χ0v) is 22.4. The molecule has 0 bridgehead atoms. The Hall–Kier alpha value is -3.48. The molecule has 11 heteroatoms. The smallest absolute Gasteiger partial charge is 0.338 e. The predicted molar refractivity (Wildman–Crippen MR) is 137 cm³/mol. The van der Waals surface area contributed by atoms with E-state index in [9.17, 15) is 24.0 Å². The van der Waals surface area contributed by atoms with Crippen molar-refractivity contribution in [1.82, 2.24) is 10.6 Å². The highest BCUT2D eigenvalue weighted by Crippen LogP contribution is 2.17. The molecule has 0 saturated carbocycles. The van der Waals surface area contributed by atoms with Gasteiger partial charge in [-0.15, -0.1) is 0 Å². The molecule has 10 nitrogen and oxygen atoms in total. The Morgan fingerprint density at radius 2 is 1.31 bits per heavy atom. The average Bonchev–Trinajstić information content (AvgIpc) is 2.87. The highest BCUT2D eigenvalue weighted by Gasteiger charge is 2.28. The number of carbonyl (C=O) groups is 5. The lowest BCUT2D eigenvalue weighted by Crippen LogP contribution is -2.53. The second kappa shape index (κ2) is 13.6. The number of rotatable bonds is 10. The second-order valence-electron chi connectivity index (χ2n) is 7.74. The number of carbonyl (C=O) groups excluding carboxylic acids is 5. The van der Waals surface area contributed by atoms with E-state index >= 15 is 0 Å². The molecule has 0 saturated heterocycles. The van der Waals surface area contributed by atoms with Crippen LogP contribution in [0.3, 0.4) is 0 Å². The van der Waals surface area contributed by atoms with Crippen molar-refractivity contribution in [1.29, 1.82) is 0 Å². The average molecular weight is 610 g/mol. The van der Waals surface area contributed by atoms with Gasteiger partial charge in [-0.2, -0.15) is 0 Å². The van der Waals surface area contributed by atoms with Gasteiger partial charge in [0.05, 0.1) is 32.5 Å². The number of amides is 2. The Kier molecular flexibility index (Phi) is 10.8. The van der Waals surface area contributed by atoms with Crippen LogP contribution in [0.4, 0.5) is 0 Å². The summed E-state index contributed by atoms with van der Waals surface area (Å²) >= 11 is 2.16. The minimum Gasteiger partial charge on any atom is -0.467 e. The third kappa shape index (κ3) is 8.04. The first-order valence-electron chi connectivity index (χ1n) is 10.8. The number of methoxy groups -OCH3 is 3. The molecule has 192 valence electrons. The maximum atomic E-state index is 13.2. The zero-order chi connectivity index (χ0) is 26.8. The van der Waals surface area contributed by atoms with Crippen molar-refractivity contribution in [2.75, 3.05) is 21.3 Å². The SMILES string of the molecule is COC(=O)c1ccc(C[C@H](NC(C)=O)C(=O)N[C@@H](Cc2ccc(I)cc2)C(=O)OC)cc1C(=O)OC. The third-order valence-electron chi connectivity index (χ3n) is 5.18. The molecule has 0 aliphatic rings. The summed E-state index contributed by atoms with van der Waals surface area (Å²) in [5, 5.41) is 5.21. The Morgan fingerprint density at radius 3 is 1.86 bits per heavy atom. The van der Waals surface area contributed by atoms with Gasteiger partial charge in [-0.1, -0.05) is 18.2 Å². The van der Waals surface area contributed by atoms with Crippen LogP contribution in [0.2, 0.25) is 0 Å². The molecule has 0 aliphatic heterocycles. The van der Waals surface area contributed by atoms with Crippen LogP contribution < -0.4 is 10.6 Å². The maximum Gasteiger partial charge on any atom is 0.338 e. The summed E-state index contributed by atoms with van der Waals surface area (Å²) in [5.74, 6) is -3.22. The minimum absolute atomic E-state index is 0.00287. The van der Waals surface area contributed by atoms with Gasteiger partial charge >= 0.3 is 17.9 Å². The Bertz CT molecular complexity index is 1130. The van der Waals surface area contributed by atoms with E-state index in [0.29, 0.717) is 5.56 Å². The summed E-state index contributed by atoms with van der Waals surface area (Å²) in [7, 11) is 3.57. The van der Waals surface area contributed by atoms with Crippen molar-refractivity contribution < 1.29 is 38.2 Å². The molecule has 2 aromatic carbocycles. The Balaban J connectivity index is 2.31. The molecule has 2 amide bonds. The van der Waals surface area contributed by atoms with Crippen molar-refractivity contribution >= 4 is 52.3 Å². The molecule has 0 aliphatic carbocycles. The zero-order valence-electron chi connectivity index (χ0n) is 20.3. The van der Waals surface area contributed by atoms with E-state index < -0.39 is 41.8 Å². The quantitative estimate of drug-likeness (QED) is 0.236. The third-order valence-corrected chi connectivity index (χ3v) is 5.90. The van der Waals surface area contributed by atoms with Crippen molar-refractivity contribution in [2.45, 2.75) is 31.8 Å². The highest BCUT2D eigenvalue weighted by atomic mass is 127. The first-order valence-corrected chi connectivity index (χ1v) is 11.9. The van der Waals surface area contributed by atoms with Crippen molar-refractivity contribution in [3.05, 3.63) is 68.3 Å². The van der Waals surface area contributed by atoms with Gasteiger partial charge in [-0.05, 0) is 58.0 Å². The predicted octanol–water partition coefficient (Wildman–Crippen LogP) is 1.81. The van der Waals surface area contributed by atoms with Crippen LogP contribution in [0.25, 0.3) is 0 Å². The van der Waals surface area contributed by atoms with Crippen LogP contribution in [0.1, 0.15) is 38.8 Å². The van der Waals surface area contributed by atoms with E-state index in [-0.39, 0.29) is 24.0 Å². The van der Waals surface area contributed by atoms with Gasteiger partial charge in [0, 0.05) is 23.3 Å². The highest BCUT2D eigenvalue weighted by molar-refractivity contribution is 14.1. The lowest BCUT2D eigenvalue weighted by Gasteiger charge is -2.22. The number of esters is 3. The number of hydrogen-bond acceptors (Lipinski definition) is 8. The first-order chi connectivity index (χ1) is 17.1. The van der Waals surface area contributed by atoms with Crippen molar-refractivity contribution in [3.63, 3.8) is 0 Å². The van der Waals surface area contributed by atoms with Gasteiger partial charge in [0.15, 0.2) is 0 Å². The first kappa shape index (κ1) is 28.8. The Morgan fingerprint density at radius 1 is 0.750 bits per heavy atom. The van der Waals surface area contributed by atoms with Gasteiger partial charge in [0.1, 0.15) is 12.1 Å². The lowest BCUT2D eigenvalue weighted by molar-refractivity contribution is -0.145. The molecular weight excluding hydrogens is 583 g/mol. The summed E-state index contributed by atoms with van der Waals surface area (Å²) in [4.78, 5) is 61.6. The normalized spacial score (nSPS) is 12.0. The van der Waals surface area contributed by atoms with Crippen molar-refractivity contribution in [2.24, 2.45) is 0 Å². The van der Waals surface area contributed by atoms with Crippen molar-refractivity contribution in [3.8, 4) is 0 Å². The van der Waals surface area contributed by atoms with E-state index in [1.165, 1.54) is 46.5 Å².